The molecule has 0 amide bonds. The van der Waals surface area contributed by atoms with Crippen LogP contribution < -0.4 is 5.32 Å². The van der Waals surface area contributed by atoms with Crippen LogP contribution in [0.15, 0.2) is 0 Å². The molecule has 0 unspecified atom stereocenters. The van der Waals surface area contributed by atoms with Gasteiger partial charge in [-0.3, -0.25) is 0 Å². The molecule has 94 valence electrons. The molecule has 1 fully saturated rings. The summed E-state index contributed by atoms with van der Waals surface area (Å²) in [6.07, 6.45) is 2.27. The second-order valence-corrected chi connectivity index (χ2v) is 6.29. The number of nitrogens with zero attached hydrogens (tertiary/aromatic N) is 2. The van der Waals surface area contributed by atoms with E-state index in [1.165, 1.54) is 11.5 Å². The Balaban J connectivity index is 2.14. The molecule has 1 heterocycles. The first-order chi connectivity index (χ1) is 7.83. The van der Waals surface area contributed by atoms with Crippen molar-refractivity contribution in [3.63, 3.8) is 0 Å². The Morgan fingerprint density at radius 1 is 1.47 bits per heavy atom. The number of aromatic nitrogens is 2. The zero-order valence-corrected chi connectivity index (χ0v) is 11.1. The number of hydrogen-bond acceptors (Lipinski definition) is 5. The molecule has 0 bridgehead atoms. The van der Waals surface area contributed by atoms with Crippen LogP contribution in [0.4, 0.5) is 5.13 Å². The summed E-state index contributed by atoms with van der Waals surface area (Å²) in [6.45, 7) is 6.11. The predicted octanol–water partition coefficient (Wildman–Crippen LogP) is 2.25. The van der Waals surface area contributed by atoms with Crippen LogP contribution >= 0.6 is 11.5 Å². The van der Waals surface area contributed by atoms with Gasteiger partial charge >= 0.3 is 5.97 Å². The quantitative estimate of drug-likeness (QED) is 0.866. The van der Waals surface area contributed by atoms with Crippen LogP contribution in [0.5, 0.6) is 0 Å². The van der Waals surface area contributed by atoms with Gasteiger partial charge in [-0.25, -0.2) is 9.78 Å². The van der Waals surface area contributed by atoms with Gasteiger partial charge < -0.3 is 10.4 Å². The van der Waals surface area contributed by atoms with Crippen LogP contribution in [0, 0.1) is 0 Å². The van der Waals surface area contributed by atoms with Crippen molar-refractivity contribution in [2.75, 3.05) is 5.32 Å². The molecule has 1 aromatic rings. The summed E-state index contributed by atoms with van der Waals surface area (Å²) in [5.74, 6) is -0.0406. The molecule has 17 heavy (non-hydrogen) atoms. The summed E-state index contributed by atoms with van der Waals surface area (Å²) >= 11 is 1.23. The zero-order chi connectivity index (χ0) is 12.7. The number of carbonyl (C=O) groups is 1. The fraction of sp³-hybridized carbons (Fsp3) is 0.727. The number of carboxylic acid groups (broad SMARTS) is 1. The Bertz CT molecular complexity index is 432. The Labute approximate surface area is 104 Å². The maximum atomic E-state index is 11.2. The first kappa shape index (κ1) is 12.3. The summed E-state index contributed by atoms with van der Waals surface area (Å²) < 4.78 is 4.26. The molecule has 1 aromatic heterocycles. The molecule has 6 heteroatoms. The summed E-state index contributed by atoms with van der Waals surface area (Å²) in [4.78, 5) is 15.6. The van der Waals surface area contributed by atoms with Crippen LogP contribution in [-0.4, -0.2) is 26.0 Å². The van der Waals surface area contributed by atoms with Crippen molar-refractivity contribution in [1.82, 2.24) is 9.36 Å². The number of rotatable bonds is 3. The monoisotopic (exact) mass is 255 g/mol. The molecule has 0 radical (unpaired) electrons. The van der Waals surface area contributed by atoms with Crippen molar-refractivity contribution in [1.29, 1.82) is 0 Å². The van der Waals surface area contributed by atoms with Crippen molar-refractivity contribution >= 4 is 22.6 Å². The summed E-state index contributed by atoms with van der Waals surface area (Å²) in [6, 6.07) is 0. The first-order valence-electron chi connectivity index (χ1n) is 5.69. The van der Waals surface area contributed by atoms with Gasteiger partial charge in [0, 0.05) is 16.9 Å². The molecular weight excluding hydrogens is 238 g/mol. The topological polar surface area (TPSA) is 75.1 Å². The van der Waals surface area contributed by atoms with Crippen LogP contribution in [0.1, 0.15) is 45.9 Å². The first-order valence-corrected chi connectivity index (χ1v) is 6.47. The molecule has 0 aromatic carbocycles. The minimum absolute atomic E-state index is 0.105. The van der Waals surface area contributed by atoms with Crippen LogP contribution in [0.3, 0.4) is 0 Å². The maximum Gasteiger partial charge on any atom is 0.329 e. The van der Waals surface area contributed by atoms with Gasteiger partial charge in [-0.1, -0.05) is 20.8 Å². The predicted molar refractivity (Wildman–Crippen MR) is 66.4 cm³/mol. The van der Waals surface area contributed by atoms with Crippen molar-refractivity contribution in [3.8, 4) is 0 Å². The van der Waals surface area contributed by atoms with Crippen molar-refractivity contribution in [2.24, 2.45) is 0 Å². The molecule has 1 aliphatic carbocycles. The summed E-state index contributed by atoms with van der Waals surface area (Å²) in [5, 5.41) is 12.8. The van der Waals surface area contributed by atoms with Crippen molar-refractivity contribution in [3.05, 3.63) is 5.82 Å². The molecule has 2 rings (SSSR count). The molecule has 0 spiro atoms. The molecule has 5 nitrogen and oxygen atoms in total. The van der Waals surface area contributed by atoms with Crippen LogP contribution in [-0.2, 0) is 10.2 Å². The standard InChI is InChI=1S/C11H17N3O2S/c1-10(2,3)7-12-9(17-14-7)13-11(8(15)16)5-4-6-11/h4-6H2,1-3H3,(H,15,16)(H,12,13,14). The van der Waals surface area contributed by atoms with Gasteiger partial charge in [0.1, 0.15) is 11.4 Å². The van der Waals surface area contributed by atoms with E-state index >= 15 is 0 Å². The lowest BCUT2D eigenvalue weighted by Gasteiger charge is -2.37. The fourth-order valence-corrected chi connectivity index (χ4v) is 2.56. The van der Waals surface area contributed by atoms with E-state index in [0.29, 0.717) is 18.0 Å². The molecule has 1 saturated carbocycles. The Hall–Kier alpha value is -1.17. The van der Waals surface area contributed by atoms with E-state index in [9.17, 15) is 9.90 Å². The highest BCUT2D eigenvalue weighted by atomic mass is 32.1. The highest BCUT2D eigenvalue weighted by molar-refractivity contribution is 7.09. The average molecular weight is 255 g/mol. The minimum Gasteiger partial charge on any atom is -0.480 e. The smallest absolute Gasteiger partial charge is 0.329 e. The van der Waals surface area contributed by atoms with Crippen LogP contribution in [0.2, 0.25) is 0 Å². The van der Waals surface area contributed by atoms with E-state index in [1.807, 2.05) is 20.8 Å². The van der Waals surface area contributed by atoms with E-state index in [2.05, 4.69) is 14.7 Å². The molecule has 0 aliphatic heterocycles. The fourth-order valence-electron chi connectivity index (χ4n) is 1.71. The molecule has 1 aliphatic rings. The normalized spacial score (nSPS) is 18.5. The number of carboxylic acids is 1. The average Bonchev–Trinajstić information content (AvgIpc) is 2.57. The van der Waals surface area contributed by atoms with E-state index in [1.54, 1.807) is 0 Å². The third kappa shape index (κ3) is 2.26. The van der Waals surface area contributed by atoms with Gasteiger partial charge in [0.25, 0.3) is 0 Å². The summed E-state index contributed by atoms with van der Waals surface area (Å²) in [5.41, 5.74) is -0.916. The largest absolute Gasteiger partial charge is 0.480 e. The van der Waals surface area contributed by atoms with Crippen LogP contribution in [0.25, 0.3) is 0 Å². The molecule has 0 atom stereocenters. The van der Waals surface area contributed by atoms with Gasteiger partial charge in [-0.05, 0) is 19.3 Å². The second-order valence-electron chi connectivity index (χ2n) is 5.54. The maximum absolute atomic E-state index is 11.2. The van der Waals surface area contributed by atoms with Gasteiger partial charge in [0.05, 0.1) is 0 Å². The zero-order valence-electron chi connectivity index (χ0n) is 10.3. The van der Waals surface area contributed by atoms with Gasteiger partial charge in [0.2, 0.25) is 5.13 Å². The van der Waals surface area contributed by atoms with E-state index in [4.69, 9.17) is 0 Å². The third-order valence-corrected chi connectivity index (χ3v) is 3.69. The van der Waals surface area contributed by atoms with E-state index in [0.717, 1.165) is 12.2 Å². The molecule has 0 saturated heterocycles. The Kier molecular flexibility index (Phi) is 2.85. The van der Waals surface area contributed by atoms with Crippen molar-refractivity contribution < 1.29 is 9.90 Å². The number of anilines is 1. The van der Waals surface area contributed by atoms with Gasteiger partial charge in [-0.15, -0.1) is 0 Å². The second kappa shape index (κ2) is 3.94. The Morgan fingerprint density at radius 3 is 2.47 bits per heavy atom. The van der Waals surface area contributed by atoms with E-state index in [-0.39, 0.29) is 5.41 Å². The minimum atomic E-state index is -0.811. The Morgan fingerprint density at radius 2 is 2.12 bits per heavy atom. The highest BCUT2D eigenvalue weighted by Crippen LogP contribution is 2.36. The SMILES string of the molecule is CC(C)(C)c1nsc(NC2(C(=O)O)CCC2)n1. The van der Waals surface area contributed by atoms with Crippen molar-refractivity contribution in [2.45, 2.75) is 51.0 Å². The van der Waals surface area contributed by atoms with Gasteiger partial charge in [0.15, 0.2) is 0 Å². The molecular formula is C11H17N3O2S. The third-order valence-electron chi connectivity index (χ3n) is 3.06. The lowest BCUT2D eigenvalue weighted by molar-refractivity contribution is -0.145. The highest BCUT2D eigenvalue weighted by Gasteiger charge is 2.45. The summed E-state index contributed by atoms with van der Waals surface area (Å²) in [7, 11) is 0. The number of hydrogen-bond donors (Lipinski definition) is 2. The number of nitrogens with one attached hydrogen (secondary N) is 1. The lowest BCUT2D eigenvalue weighted by Crippen LogP contribution is -2.52. The van der Waals surface area contributed by atoms with Gasteiger partial charge in [-0.2, -0.15) is 4.37 Å². The lowest BCUT2D eigenvalue weighted by atomic mass is 9.77. The molecule has 2 N–H and O–H groups in total. The number of aliphatic carboxylic acids is 1. The van der Waals surface area contributed by atoms with E-state index < -0.39 is 11.5 Å².